The quantitative estimate of drug-likeness (QED) is 0.806. The minimum atomic E-state index is -1.56. The SMILES string of the molecule is O=C(O)N1C(=O)c2cccc(-c3ccccc3)c2C1=O. The maximum atomic E-state index is 12.2. The van der Waals surface area contributed by atoms with Crippen LogP contribution in [0.2, 0.25) is 0 Å². The van der Waals surface area contributed by atoms with Gasteiger partial charge in [-0.05, 0) is 17.2 Å². The molecule has 1 aliphatic heterocycles. The summed E-state index contributed by atoms with van der Waals surface area (Å²) in [4.78, 5) is 35.4. The van der Waals surface area contributed by atoms with Crippen LogP contribution in [0.1, 0.15) is 20.7 Å². The van der Waals surface area contributed by atoms with E-state index in [4.69, 9.17) is 5.11 Å². The largest absolute Gasteiger partial charge is 0.464 e. The number of hydrogen-bond donors (Lipinski definition) is 1. The fourth-order valence-corrected chi connectivity index (χ4v) is 2.32. The predicted octanol–water partition coefficient (Wildman–Crippen LogP) is 2.63. The Morgan fingerprint density at radius 3 is 2.15 bits per heavy atom. The number of carbonyl (C=O) groups is 3. The van der Waals surface area contributed by atoms with Crippen molar-refractivity contribution in [3.05, 3.63) is 59.7 Å². The molecule has 0 bridgehead atoms. The summed E-state index contributed by atoms with van der Waals surface area (Å²) in [6.07, 6.45) is -1.56. The van der Waals surface area contributed by atoms with Crippen molar-refractivity contribution in [1.29, 1.82) is 0 Å². The molecule has 0 fully saturated rings. The second-order valence-corrected chi connectivity index (χ2v) is 4.32. The van der Waals surface area contributed by atoms with Crippen LogP contribution in [0.15, 0.2) is 48.5 Å². The second-order valence-electron chi connectivity index (χ2n) is 4.32. The smallest absolute Gasteiger partial charge is 0.421 e. The molecule has 0 radical (unpaired) electrons. The van der Waals surface area contributed by atoms with Gasteiger partial charge in [0, 0.05) is 0 Å². The third-order valence-electron chi connectivity index (χ3n) is 3.19. The van der Waals surface area contributed by atoms with Crippen LogP contribution in [-0.2, 0) is 0 Å². The zero-order valence-corrected chi connectivity index (χ0v) is 10.2. The predicted molar refractivity (Wildman–Crippen MR) is 70.4 cm³/mol. The molecule has 0 aliphatic carbocycles. The molecule has 1 aliphatic rings. The Labute approximate surface area is 114 Å². The maximum absolute atomic E-state index is 12.2. The summed E-state index contributed by atoms with van der Waals surface area (Å²) in [6.45, 7) is 0. The van der Waals surface area contributed by atoms with Crippen LogP contribution in [0.25, 0.3) is 11.1 Å². The normalized spacial score (nSPS) is 13.5. The number of rotatable bonds is 1. The van der Waals surface area contributed by atoms with Crippen molar-refractivity contribution in [2.45, 2.75) is 0 Å². The summed E-state index contributed by atoms with van der Waals surface area (Å²) < 4.78 is 0. The van der Waals surface area contributed by atoms with Gasteiger partial charge in [0.15, 0.2) is 0 Å². The molecule has 98 valence electrons. The lowest BCUT2D eigenvalue weighted by Crippen LogP contribution is -2.34. The molecule has 0 atom stereocenters. The number of benzene rings is 2. The summed E-state index contributed by atoms with van der Waals surface area (Å²) in [5, 5.41) is 8.97. The van der Waals surface area contributed by atoms with E-state index >= 15 is 0 Å². The Bertz CT molecular complexity index is 737. The molecule has 5 nitrogen and oxygen atoms in total. The van der Waals surface area contributed by atoms with Crippen molar-refractivity contribution in [2.24, 2.45) is 0 Å². The summed E-state index contributed by atoms with van der Waals surface area (Å²) >= 11 is 0. The van der Waals surface area contributed by atoms with Crippen LogP contribution < -0.4 is 0 Å². The number of carbonyl (C=O) groups excluding carboxylic acids is 2. The Morgan fingerprint density at radius 2 is 1.50 bits per heavy atom. The summed E-state index contributed by atoms with van der Waals surface area (Å²) in [5.41, 5.74) is 1.59. The zero-order valence-electron chi connectivity index (χ0n) is 10.2. The highest BCUT2D eigenvalue weighted by Crippen LogP contribution is 2.32. The number of carboxylic acid groups (broad SMARTS) is 1. The van der Waals surface area contributed by atoms with Crippen LogP contribution in [0, 0.1) is 0 Å². The van der Waals surface area contributed by atoms with Gasteiger partial charge in [0.2, 0.25) is 0 Å². The molecule has 2 aromatic carbocycles. The van der Waals surface area contributed by atoms with Crippen molar-refractivity contribution in [1.82, 2.24) is 4.90 Å². The minimum absolute atomic E-state index is 0.124. The average Bonchev–Trinajstić information content (AvgIpc) is 2.72. The van der Waals surface area contributed by atoms with Crippen LogP contribution in [-0.4, -0.2) is 27.9 Å². The van der Waals surface area contributed by atoms with Gasteiger partial charge in [0.1, 0.15) is 0 Å². The topological polar surface area (TPSA) is 74.7 Å². The first kappa shape index (κ1) is 12.1. The van der Waals surface area contributed by atoms with Crippen molar-refractivity contribution >= 4 is 17.9 Å². The molecule has 3 amide bonds. The third kappa shape index (κ3) is 1.60. The highest BCUT2D eigenvalue weighted by molar-refractivity contribution is 6.29. The number of amides is 3. The lowest BCUT2D eigenvalue weighted by molar-refractivity contribution is 0.0651. The van der Waals surface area contributed by atoms with E-state index in [1.165, 1.54) is 6.07 Å². The molecule has 0 saturated heterocycles. The van der Waals surface area contributed by atoms with Gasteiger partial charge in [-0.1, -0.05) is 42.5 Å². The van der Waals surface area contributed by atoms with E-state index in [2.05, 4.69) is 0 Å². The van der Waals surface area contributed by atoms with E-state index in [0.29, 0.717) is 5.56 Å². The second kappa shape index (κ2) is 4.31. The van der Waals surface area contributed by atoms with Crippen molar-refractivity contribution < 1.29 is 19.5 Å². The third-order valence-corrected chi connectivity index (χ3v) is 3.19. The molecule has 20 heavy (non-hydrogen) atoms. The van der Waals surface area contributed by atoms with Crippen molar-refractivity contribution in [2.75, 3.05) is 0 Å². The van der Waals surface area contributed by atoms with Crippen LogP contribution in [0.3, 0.4) is 0 Å². The fraction of sp³-hybridized carbons (Fsp3) is 0. The Hall–Kier alpha value is -2.95. The molecule has 1 N–H and O–H groups in total. The molecule has 1 heterocycles. The summed E-state index contributed by atoms with van der Waals surface area (Å²) in [5.74, 6) is -1.59. The summed E-state index contributed by atoms with van der Waals surface area (Å²) in [7, 11) is 0. The highest BCUT2D eigenvalue weighted by Gasteiger charge is 2.41. The molecule has 0 aromatic heterocycles. The van der Waals surface area contributed by atoms with Gasteiger partial charge in [0.05, 0.1) is 11.1 Å². The van der Waals surface area contributed by atoms with Gasteiger partial charge in [-0.2, -0.15) is 4.90 Å². The van der Waals surface area contributed by atoms with Gasteiger partial charge < -0.3 is 5.11 Å². The lowest BCUT2D eigenvalue weighted by atomic mass is 9.97. The maximum Gasteiger partial charge on any atom is 0.421 e. The average molecular weight is 267 g/mol. The molecule has 2 aromatic rings. The number of imide groups is 3. The van der Waals surface area contributed by atoms with E-state index in [9.17, 15) is 14.4 Å². The minimum Gasteiger partial charge on any atom is -0.464 e. The molecule has 0 spiro atoms. The van der Waals surface area contributed by atoms with Gasteiger partial charge in [-0.3, -0.25) is 9.59 Å². The Morgan fingerprint density at radius 1 is 0.850 bits per heavy atom. The van der Waals surface area contributed by atoms with E-state index < -0.39 is 17.9 Å². The van der Waals surface area contributed by atoms with Gasteiger partial charge >= 0.3 is 6.09 Å². The fourth-order valence-electron chi connectivity index (χ4n) is 2.32. The Kier molecular flexibility index (Phi) is 2.61. The highest BCUT2D eigenvalue weighted by atomic mass is 16.4. The van der Waals surface area contributed by atoms with Crippen LogP contribution >= 0.6 is 0 Å². The Balaban J connectivity index is 2.24. The monoisotopic (exact) mass is 267 g/mol. The van der Waals surface area contributed by atoms with E-state index in [-0.39, 0.29) is 16.0 Å². The first-order valence-corrected chi connectivity index (χ1v) is 5.91. The molecule has 0 unspecified atom stereocenters. The van der Waals surface area contributed by atoms with Crippen LogP contribution in [0.4, 0.5) is 4.79 Å². The van der Waals surface area contributed by atoms with Gasteiger partial charge in [-0.25, -0.2) is 4.79 Å². The standard InChI is InChI=1S/C15H9NO4/c17-13-11-8-4-7-10(9-5-2-1-3-6-9)12(11)14(18)16(13)15(19)20/h1-8H,(H,19,20). The lowest BCUT2D eigenvalue weighted by Gasteiger charge is -2.07. The number of nitrogens with zero attached hydrogens (tertiary/aromatic N) is 1. The molecule has 5 heteroatoms. The van der Waals surface area contributed by atoms with Crippen molar-refractivity contribution in [3.63, 3.8) is 0 Å². The molecule has 3 rings (SSSR count). The summed E-state index contributed by atoms with van der Waals surface area (Å²) in [6, 6.07) is 13.9. The van der Waals surface area contributed by atoms with Gasteiger partial charge in [0.25, 0.3) is 11.8 Å². The van der Waals surface area contributed by atoms with Crippen molar-refractivity contribution in [3.8, 4) is 11.1 Å². The number of hydrogen-bond acceptors (Lipinski definition) is 3. The van der Waals surface area contributed by atoms with E-state index in [0.717, 1.165) is 5.56 Å². The van der Waals surface area contributed by atoms with Gasteiger partial charge in [-0.15, -0.1) is 0 Å². The van der Waals surface area contributed by atoms with E-state index in [1.54, 1.807) is 24.3 Å². The first-order chi connectivity index (χ1) is 9.61. The van der Waals surface area contributed by atoms with E-state index in [1.807, 2.05) is 18.2 Å². The van der Waals surface area contributed by atoms with Crippen LogP contribution in [0.5, 0.6) is 0 Å². The zero-order chi connectivity index (χ0) is 14.3. The molecule has 0 saturated carbocycles. The first-order valence-electron chi connectivity index (χ1n) is 5.91. The molecular weight excluding hydrogens is 258 g/mol. The molecular formula is C15H9NO4. The number of fused-ring (bicyclic) bond motifs is 1.